The second kappa shape index (κ2) is 3.97. The monoisotopic (exact) mass is 211 g/mol. The van der Waals surface area contributed by atoms with E-state index < -0.39 is 5.97 Å². The first-order chi connectivity index (χ1) is 7.61. The first-order valence-electron chi connectivity index (χ1n) is 4.86. The maximum atomic E-state index is 11.3. The summed E-state index contributed by atoms with van der Waals surface area (Å²) in [5, 5.41) is 1.85. The molecule has 1 aromatic carbocycles. The van der Waals surface area contributed by atoms with Gasteiger partial charge in [-0.3, -0.25) is 0 Å². The Hall–Kier alpha value is -1.84. The number of aromatic nitrogens is 1. The third-order valence-electron chi connectivity index (χ3n) is 2.50. The van der Waals surface area contributed by atoms with Crippen LogP contribution >= 0.6 is 0 Å². The van der Waals surface area contributed by atoms with Crippen LogP contribution in [0.4, 0.5) is 0 Å². The largest absolute Gasteiger partial charge is 0.464 e. The number of fused-ring (bicyclic) bond motifs is 1. The molecule has 2 radical (unpaired) electrons. The van der Waals surface area contributed by atoms with Gasteiger partial charge in [-0.15, -0.1) is 0 Å². The Balaban J connectivity index is 2.62. The van der Waals surface area contributed by atoms with Crippen molar-refractivity contribution in [3.8, 4) is 0 Å². The molecule has 4 heteroatoms. The number of hydrogen-bond donors (Lipinski definition) is 0. The van der Waals surface area contributed by atoms with Crippen molar-refractivity contribution in [3.05, 3.63) is 35.7 Å². The van der Waals surface area contributed by atoms with Crippen molar-refractivity contribution in [1.29, 1.82) is 0 Å². The fourth-order valence-electron chi connectivity index (χ4n) is 1.54. The quantitative estimate of drug-likeness (QED) is 0.524. The summed E-state index contributed by atoms with van der Waals surface area (Å²) in [5.74, 6) is -0.434. The summed E-state index contributed by atoms with van der Waals surface area (Å²) < 4.78 is 4.61. The van der Waals surface area contributed by atoms with Crippen molar-refractivity contribution in [3.63, 3.8) is 0 Å². The fraction of sp³-hybridized carbons (Fsp3) is 0.167. The van der Waals surface area contributed by atoms with E-state index in [1.54, 1.807) is 12.3 Å². The van der Waals surface area contributed by atoms with Crippen LogP contribution in [0.3, 0.4) is 0 Å². The number of benzene rings is 1. The normalized spacial score (nSPS) is 10.4. The highest BCUT2D eigenvalue weighted by molar-refractivity contribution is 6.34. The van der Waals surface area contributed by atoms with Crippen molar-refractivity contribution in [1.82, 2.24) is 4.98 Å². The van der Waals surface area contributed by atoms with Gasteiger partial charge >= 0.3 is 5.97 Å². The van der Waals surface area contributed by atoms with Crippen LogP contribution in [0.5, 0.6) is 0 Å². The summed E-state index contributed by atoms with van der Waals surface area (Å²) in [6.07, 6.45) is 1.62. The van der Waals surface area contributed by atoms with Gasteiger partial charge in [-0.05, 0) is 23.8 Å². The Labute approximate surface area is 94.9 Å². The van der Waals surface area contributed by atoms with Gasteiger partial charge in [0.1, 0.15) is 13.5 Å². The highest BCUT2D eigenvalue weighted by Crippen LogP contribution is 2.14. The Bertz CT molecular complexity index is 566. The third-order valence-corrected chi connectivity index (χ3v) is 2.50. The van der Waals surface area contributed by atoms with Crippen molar-refractivity contribution in [2.24, 2.45) is 0 Å². The summed E-state index contributed by atoms with van der Waals surface area (Å²) >= 11 is 0. The zero-order valence-electron chi connectivity index (χ0n) is 9.15. The number of rotatable bonds is 1. The molecule has 2 rings (SSSR count). The Morgan fingerprint density at radius 3 is 2.75 bits per heavy atom. The molecule has 0 saturated heterocycles. The number of hydrogen-bond acceptors (Lipinski definition) is 3. The number of methoxy groups -OCH3 is 1. The van der Waals surface area contributed by atoms with Crippen LogP contribution in [0.15, 0.2) is 24.4 Å². The van der Waals surface area contributed by atoms with Gasteiger partial charge in [0.2, 0.25) is 0 Å². The van der Waals surface area contributed by atoms with E-state index in [2.05, 4.69) is 9.72 Å². The van der Waals surface area contributed by atoms with E-state index in [-0.39, 0.29) is 0 Å². The van der Waals surface area contributed by atoms with Crippen molar-refractivity contribution in [2.75, 3.05) is 7.11 Å². The first-order valence-corrected chi connectivity index (χ1v) is 4.86. The molecule has 0 aliphatic carbocycles. The summed E-state index contributed by atoms with van der Waals surface area (Å²) in [6.45, 7) is 1.92. The first kappa shape index (κ1) is 10.7. The van der Waals surface area contributed by atoms with Crippen LogP contribution in [0.25, 0.3) is 10.8 Å². The number of carbonyl (C=O) groups excluding carboxylic acids is 1. The second-order valence-corrected chi connectivity index (χ2v) is 3.62. The van der Waals surface area contributed by atoms with Crippen LogP contribution in [0.1, 0.15) is 16.1 Å². The van der Waals surface area contributed by atoms with Crippen molar-refractivity contribution >= 4 is 30.1 Å². The highest BCUT2D eigenvalue weighted by atomic mass is 16.5. The van der Waals surface area contributed by atoms with Crippen LogP contribution in [-0.2, 0) is 4.74 Å². The highest BCUT2D eigenvalue weighted by Gasteiger charge is 2.08. The molecule has 3 nitrogen and oxygen atoms in total. The van der Waals surface area contributed by atoms with Crippen LogP contribution < -0.4 is 5.46 Å². The van der Waals surface area contributed by atoms with E-state index in [1.165, 1.54) is 7.11 Å². The van der Waals surface area contributed by atoms with Gasteiger partial charge < -0.3 is 4.74 Å². The molecule has 0 aliphatic heterocycles. The smallest absolute Gasteiger partial charge is 0.356 e. The number of esters is 1. The van der Waals surface area contributed by atoms with Gasteiger partial charge in [0, 0.05) is 6.20 Å². The number of ether oxygens (including phenoxy) is 1. The van der Waals surface area contributed by atoms with E-state index in [1.807, 2.05) is 19.1 Å². The lowest BCUT2D eigenvalue weighted by Crippen LogP contribution is -2.08. The minimum Gasteiger partial charge on any atom is -0.464 e. The molecule has 2 aromatic rings. The molecule has 1 aromatic heterocycles. The van der Waals surface area contributed by atoms with Gasteiger partial charge in [0.15, 0.2) is 0 Å². The molecular weight excluding hydrogens is 201 g/mol. The van der Waals surface area contributed by atoms with Gasteiger partial charge in [0.25, 0.3) is 0 Å². The molecule has 0 aliphatic rings. The number of pyridine rings is 1. The third kappa shape index (κ3) is 1.78. The standard InChI is InChI=1S/C12H10BNO2/c1-7-3-8-5-11(12(15)16-2)14-6-9(8)4-10(7)13/h3-6H,1-2H3. The number of nitrogens with zero attached hydrogens (tertiary/aromatic N) is 1. The van der Waals surface area contributed by atoms with Crippen LogP contribution in [0, 0.1) is 6.92 Å². The topological polar surface area (TPSA) is 39.2 Å². The maximum Gasteiger partial charge on any atom is 0.356 e. The van der Waals surface area contributed by atoms with Gasteiger partial charge in [-0.1, -0.05) is 23.2 Å². The van der Waals surface area contributed by atoms with Crippen molar-refractivity contribution in [2.45, 2.75) is 6.92 Å². The maximum absolute atomic E-state index is 11.3. The molecule has 78 valence electrons. The predicted molar refractivity (Wildman–Crippen MR) is 63.2 cm³/mol. The molecular formula is C12H10BNO2. The average Bonchev–Trinajstić information content (AvgIpc) is 2.29. The Morgan fingerprint density at radius 2 is 2.06 bits per heavy atom. The average molecular weight is 211 g/mol. The molecule has 16 heavy (non-hydrogen) atoms. The van der Waals surface area contributed by atoms with Gasteiger partial charge in [0.05, 0.1) is 7.11 Å². The summed E-state index contributed by atoms with van der Waals surface area (Å²) in [6, 6.07) is 5.48. The van der Waals surface area contributed by atoms with Crippen LogP contribution in [-0.4, -0.2) is 25.9 Å². The molecule has 0 atom stereocenters. The van der Waals surface area contributed by atoms with E-state index >= 15 is 0 Å². The molecule has 0 spiro atoms. The van der Waals surface area contributed by atoms with Crippen LogP contribution in [0.2, 0.25) is 0 Å². The molecule has 0 unspecified atom stereocenters. The zero-order valence-corrected chi connectivity index (χ0v) is 9.15. The van der Waals surface area contributed by atoms with Gasteiger partial charge in [-0.2, -0.15) is 0 Å². The molecule has 1 heterocycles. The van der Waals surface area contributed by atoms with E-state index in [9.17, 15) is 4.79 Å². The lowest BCUT2D eigenvalue weighted by Gasteiger charge is -2.05. The summed E-state index contributed by atoms with van der Waals surface area (Å²) in [7, 11) is 7.13. The second-order valence-electron chi connectivity index (χ2n) is 3.62. The summed E-state index contributed by atoms with van der Waals surface area (Å²) in [4.78, 5) is 15.3. The SMILES string of the molecule is [B]c1cc2cnc(C(=O)OC)cc2cc1C. The molecule has 0 N–H and O–H groups in total. The van der Waals surface area contributed by atoms with Gasteiger partial charge in [-0.25, -0.2) is 9.78 Å². The van der Waals surface area contributed by atoms with E-state index in [4.69, 9.17) is 7.85 Å². The Morgan fingerprint density at radius 1 is 1.31 bits per heavy atom. The predicted octanol–water partition coefficient (Wildman–Crippen LogP) is 1.12. The fourth-order valence-corrected chi connectivity index (χ4v) is 1.54. The molecule has 0 fully saturated rings. The summed E-state index contributed by atoms with van der Waals surface area (Å²) in [5.41, 5.74) is 2.01. The molecule has 0 amide bonds. The van der Waals surface area contributed by atoms with E-state index in [0.29, 0.717) is 5.69 Å². The zero-order chi connectivity index (χ0) is 11.7. The number of aryl methyl sites for hydroxylation is 1. The lowest BCUT2D eigenvalue weighted by atomic mass is 9.89. The molecule has 0 saturated carbocycles. The lowest BCUT2D eigenvalue weighted by molar-refractivity contribution is 0.0594. The van der Waals surface area contributed by atoms with Crippen molar-refractivity contribution < 1.29 is 9.53 Å². The van der Waals surface area contributed by atoms with E-state index in [0.717, 1.165) is 21.8 Å². The number of carbonyl (C=O) groups is 1. The minimum absolute atomic E-state index is 0.305. The Kier molecular flexibility index (Phi) is 2.65. The minimum atomic E-state index is -0.434. The molecule has 0 bridgehead atoms.